The maximum atomic E-state index is 13.1. The lowest BCUT2D eigenvalue weighted by Crippen LogP contribution is -2.52. The molecule has 2 aliphatic rings. The molecule has 2 aliphatic heterocycles. The van der Waals surface area contributed by atoms with Crippen molar-refractivity contribution < 1.29 is 9.53 Å². The fraction of sp³-hybridized carbons (Fsp3) is 0.389. The van der Waals surface area contributed by atoms with E-state index in [1.165, 1.54) is 0 Å². The number of fused-ring (bicyclic) bond motifs is 1. The molecule has 2 aromatic rings. The summed E-state index contributed by atoms with van der Waals surface area (Å²) in [6.45, 7) is 4.03. The van der Waals surface area contributed by atoms with Gasteiger partial charge in [-0.3, -0.25) is 10.1 Å². The van der Waals surface area contributed by atoms with Gasteiger partial charge in [-0.15, -0.1) is 0 Å². The van der Waals surface area contributed by atoms with Gasteiger partial charge in [0.05, 0.1) is 0 Å². The molecule has 0 saturated carbocycles. The number of amides is 1. The predicted octanol–water partition coefficient (Wildman–Crippen LogP) is 0.848. The van der Waals surface area contributed by atoms with Crippen LogP contribution in [0.5, 0.6) is 5.75 Å². The number of anilines is 1. The van der Waals surface area contributed by atoms with E-state index < -0.39 is 0 Å². The second kappa shape index (κ2) is 7.06. The zero-order valence-electron chi connectivity index (χ0n) is 14.0. The van der Waals surface area contributed by atoms with Crippen molar-refractivity contribution in [2.24, 2.45) is 0 Å². The Balaban J connectivity index is 1.46. The average Bonchev–Trinajstić information content (AvgIpc) is 2.91. The van der Waals surface area contributed by atoms with Crippen LogP contribution in [-0.4, -0.2) is 60.1 Å². The SMILES string of the molecule is O=C(C1NCCOc2ccccc21)N1CCN(c2ncccn2)CC1. The summed E-state index contributed by atoms with van der Waals surface area (Å²) in [6, 6.07) is 9.22. The predicted molar refractivity (Wildman–Crippen MR) is 93.5 cm³/mol. The summed E-state index contributed by atoms with van der Waals surface area (Å²) < 4.78 is 5.73. The van der Waals surface area contributed by atoms with Gasteiger partial charge in [0, 0.05) is 50.7 Å². The number of piperazine rings is 1. The number of para-hydroxylation sites is 1. The van der Waals surface area contributed by atoms with E-state index in [9.17, 15) is 4.79 Å². The summed E-state index contributed by atoms with van der Waals surface area (Å²) in [6.07, 6.45) is 3.48. The molecule has 130 valence electrons. The van der Waals surface area contributed by atoms with E-state index in [4.69, 9.17) is 4.74 Å². The third kappa shape index (κ3) is 3.28. The fourth-order valence-corrected chi connectivity index (χ4v) is 3.31. The van der Waals surface area contributed by atoms with Gasteiger partial charge in [0.1, 0.15) is 18.4 Å². The van der Waals surface area contributed by atoms with Crippen molar-refractivity contribution in [1.82, 2.24) is 20.2 Å². The molecule has 0 spiro atoms. The summed E-state index contributed by atoms with van der Waals surface area (Å²) in [5, 5.41) is 3.32. The van der Waals surface area contributed by atoms with Crippen molar-refractivity contribution in [3.63, 3.8) is 0 Å². The van der Waals surface area contributed by atoms with Crippen molar-refractivity contribution in [2.45, 2.75) is 6.04 Å². The van der Waals surface area contributed by atoms with Gasteiger partial charge in [-0.05, 0) is 12.1 Å². The van der Waals surface area contributed by atoms with Gasteiger partial charge in [0.2, 0.25) is 11.9 Å². The number of aromatic nitrogens is 2. The number of hydrogen-bond acceptors (Lipinski definition) is 6. The molecule has 4 rings (SSSR count). The molecule has 1 saturated heterocycles. The molecule has 0 aliphatic carbocycles. The quantitative estimate of drug-likeness (QED) is 0.875. The van der Waals surface area contributed by atoms with Gasteiger partial charge in [0.25, 0.3) is 0 Å². The number of nitrogens with one attached hydrogen (secondary N) is 1. The molecule has 1 amide bonds. The Morgan fingerprint density at radius 3 is 2.64 bits per heavy atom. The van der Waals surface area contributed by atoms with Crippen molar-refractivity contribution >= 4 is 11.9 Å². The Morgan fingerprint density at radius 2 is 1.84 bits per heavy atom. The highest BCUT2D eigenvalue weighted by atomic mass is 16.5. The minimum atomic E-state index is -0.349. The molecular formula is C18H21N5O2. The van der Waals surface area contributed by atoms with Gasteiger partial charge in [0.15, 0.2) is 0 Å². The zero-order chi connectivity index (χ0) is 17.1. The number of carbonyl (C=O) groups is 1. The minimum absolute atomic E-state index is 0.103. The van der Waals surface area contributed by atoms with Crippen LogP contribution in [-0.2, 0) is 4.79 Å². The lowest BCUT2D eigenvalue weighted by molar-refractivity contribution is -0.133. The highest BCUT2D eigenvalue weighted by Gasteiger charge is 2.31. The molecule has 3 heterocycles. The molecular weight excluding hydrogens is 318 g/mol. The summed E-state index contributed by atoms with van der Waals surface area (Å²) in [5.74, 6) is 1.62. The maximum Gasteiger partial charge on any atom is 0.244 e. The van der Waals surface area contributed by atoms with E-state index in [0.29, 0.717) is 26.2 Å². The first-order valence-electron chi connectivity index (χ1n) is 8.59. The molecule has 1 fully saturated rings. The van der Waals surface area contributed by atoms with Crippen LogP contribution in [0, 0.1) is 0 Å². The number of benzene rings is 1. The summed E-state index contributed by atoms with van der Waals surface area (Å²) >= 11 is 0. The molecule has 0 radical (unpaired) electrons. The Morgan fingerprint density at radius 1 is 1.08 bits per heavy atom. The number of ether oxygens (including phenoxy) is 1. The second-order valence-electron chi connectivity index (χ2n) is 6.13. The van der Waals surface area contributed by atoms with Crippen LogP contribution >= 0.6 is 0 Å². The average molecular weight is 339 g/mol. The zero-order valence-corrected chi connectivity index (χ0v) is 14.0. The van der Waals surface area contributed by atoms with Crippen LogP contribution in [0.25, 0.3) is 0 Å². The third-order valence-corrected chi connectivity index (χ3v) is 4.61. The first kappa shape index (κ1) is 15.8. The number of rotatable bonds is 2. The first-order chi connectivity index (χ1) is 12.3. The molecule has 1 aromatic carbocycles. The van der Waals surface area contributed by atoms with E-state index in [1.54, 1.807) is 18.5 Å². The Bertz CT molecular complexity index is 731. The number of nitrogens with zero attached hydrogens (tertiary/aromatic N) is 4. The first-order valence-corrected chi connectivity index (χ1v) is 8.59. The lowest BCUT2D eigenvalue weighted by Gasteiger charge is -2.36. The number of carbonyl (C=O) groups excluding carboxylic acids is 1. The largest absolute Gasteiger partial charge is 0.492 e. The van der Waals surface area contributed by atoms with Crippen LogP contribution in [0.3, 0.4) is 0 Å². The molecule has 1 atom stereocenters. The van der Waals surface area contributed by atoms with E-state index in [2.05, 4.69) is 20.2 Å². The van der Waals surface area contributed by atoms with Crippen LogP contribution in [0.1, 0.15) is 11.6 Å². The van der Waals surface area contributed by atoms with E-state index >= 15 is 0 Å². The van der Waals surface area contributed by atoms with Crippen LogP contribution < -0.4 is 15.0 Å². The Kier molecular flexibility index (Phi) is 4.47. The third-order valence-electron chi connectivity index (χ3n) is 4.61. The highest BCUT2D eigenvalue weighted by Crippen LogP contribution is 2.28. The van der Waals surface area contributed by atoms with Gasteiger partial charge >= 0.3 is 0 Å². The molecule has 7 nitrogen and oxygen atoms in total. The van der Waals surface area contributed by atoms with Crippen molar-refractivity contribution in [2.75, 3.05) is 44.2 Å². The van der Waals surface area contributed by atoms with Crippen molar-refractivity contribution in [3.05, 3.63) is 48.3 Å². The van der Waals surface area contributed by atoms with Crippen LogP contribution in [0.2, 0.25) is 0 Å². The standard InChI is InChI=1S/C18H21N5O2/c24-17(16-14-4-1-2-5-15(14)25-13-8-19-16)22-9-11-23(12-10-22)18-20-6-3-7-21-18/h1-7,16,19H,8-13H2. The molecule has 1 aromatic heterocycles. The molecule has 1 unspecified atom stereocenters. The van der Waals surface area contributed by atoms with Crippen LogP contribution in [0.4, 0.5) is 5.95 Å². The maximum absolute atomic E-state index is 13.1. The monoisotopic (exact) mass is 339 g/mol. The van der Waals surface area contributed by atoms with E-state index in [1.807, 2.05) is 29.2 Å². The normalized spacial score (nSPS) is 20.4. The highest BCUT2D eigenvalue weighted by molar-refractivity contribution is 5.84. The molecule has 7 heteroatoms. The fourth-order valence-electron chi connectivity index (χ4n) is 3.31. The topological polar surface area (TPSA) is 70.6 Å². The summed E-state index contributed by atoms with van der Waals surface area (Å²) in [5.41, 5.74) is 0.916. The van der Waals surface area contributed by atoms with Crippen molar-refractivity contribution in [1.29, 1.82) is 0 Å². The van der Waals surface area contributed by atoms with Gasteiger partial charge < -0.3 is 14.5 Å². The van der Waals surface area contributed by atoms with E-state index in [-0.39, 0.29) is 11.9 Å². The molecule has 0 bridgehead atoms. The van der Waals surface area contributed by atoms with Gasteiger partial charge in [-0.1, -0.05) is 18.2 Å². The second-order valence-corrected chi connectivity index (χ2v) is 6.13. The summed E-state index contributed by atoms with van der Waals surface area (Å²) in [4.78, 5) is 25.7. The molecule has 1 N–H and O–H groups in total. The van der Waals surface area contributed by atoms with Crippen molar-refractivity contribution in [3.8, 4) is 5.75 Å². The summed E-state index contributed by atoms with van der Waals surface area (Å²) in [7, 11) is 0. The smallest absolute Gasteiger partial charge is 0.244 e. The minimum Gasteiger partial charge on any atom is -0.492 e. The van der Waals surface area contributed by atoms with E-state index in [0.717, 1.165) is 30.4 Å². The van der Waals surface area contributed by atoms with Gasteiger partial charge in [-0.2, -0.15) is 0 Å². The number of hydrogen-bond donors (Lipinski definition) is 1. The Labute approximate surface area is 146 Å². The van der Waals surface area contributed by atoms with Gasteiger partial charge in [-0.25, -0.2) is 9.97 Å². The lowest BCUT2D eigenvalue weighted by atomic mass is 10.0. The Hall–Kier alpha value is -2.67. The van der Waals surface area contributed by atoms with Crippen LogP contribution in [0.15, 0.2) is 42.7 Å². The molecule has 25 heavy (non-hydrogen) atoms.